The summed E-state index contributed by atoms with van der Waals surface area (Å²) in [6.07, 6.45) is 2.37. The van der Waals surface area contributed by atoms with Crippen molar-refractivity contribution < 1.29 is 14.0 Å². The Hall–Kier alpha value is -2.34. The molecule has 2 atom stereocenters. The zero-order chi connectivity index (χ0) is 18.8. The third kappa shape index (κ3) is 3.46. The van der Waals surface area contributed by atoms with E-state index in [1.165, 1.54) is 0 Å². The SMILES string of the molecule is CCN(CC)C(=O)[C@@H]1C[C@H](N)CN1C(=O)Cc1coc2cc(C)ccc12. The molecule has 2 heterocycles. The Kier molecular flexibility index (Phi) is 5.32. The fourth-order valence-electron chi connectivity index (χ4n) is 3.72. The fraction of sp³-hybridized carbons (Fsp3) is 0.500. The highest BCUT2D eigenvalue weighted by molar-refractivity contribution is 5.92. The number of rotatable bonds is 5. The summed E-state index contributed by atoms with van der Waals surface area (Å²) in [7, 11) is 0. The monoisotopic (exact) mass is 357 g/mol. The number of carbonyl (C=O) groups excluding carboxylic acids is 2. The zero-order valence-electron chi connectivity index (χ0n) is 15.7. The van der Waals surface area contributed by atoms with E-state index in [9.17, 15) is 9.59 Å². The summed E-state index contributed by atoms with van der Waals surface area (Å²) in [5.74, 6) is -0.0873. The van der Waals surface area contributed by atoms with Crippen LogP contribution in [-0.4, -0.2) is 53.3 Å². The van der Waals surface area contributed by atoms with Gasteiger partial charge in [-0.3, -0.25) is 9.59 Å². The zero-order valence-corrected chi connectivity index (χ0v) is 15.7. The number of likely N-dealkylation sites (tertiary alicyclic amines) is 1. The summed E-state index contributed by atoms with van der Waals surface area (Å²) in [6.45, 7) is 7.58. The maximum absolute atomic E-state index is 12.9. The predicted molar refractivity (Wildman–Crippen MR) is 101 cm³/mol. The van der Waals surface area contributed by atoms with Gasteiger partial charge in [-0.25, -0.2) is 0 Å². The van der Waals surface area contributed by atoms with E-state index in [0.29, 0.717) is 26.1 Å². The summed E-state index contributed by atoms with van der Waals surface area (Å²) in [6, 6.07) is 5.32. The molecule has 2 aromatic rings. The highest BCUT2D eigenvalue weighted by atomic mass is 16.3. The number of hydrogen-bond donors (Lipinski definition) is 1. The average molecular weight is 357 g/mol. The number of benzene rings is 1. The van der Waals surface area contributed by atoms with Crippen LogP contribution >= 0.6 is 0 Å². The number of nitrogens with zero attached hydrogens (tertiary/aromatic N) is 2. The van der Waals surface area contributed by atoms with Gasteiger partial charge in [0.1, 0.15) is 11.6 Å². The summed E-state index contributed by atoms with van der Waals surface area (Å²) in [5.41, 5.74) is 8.81. The van der Waals surface area contributed by atoms with Crippen LogP contribution < -0.4 is 5.73 Å². The van der Waals surface area contributed by atoms with Crippen LogP contribution in [0.5, 0.6) is 0 Å². The van der Waals surface area contributed by atoms with Crippen LogP contribution in [0.2, 0.25) is 0 Å². The van der Waals surface area contributed by atoms with Crippen molar-refractivity contribution in [1.82, 2.24) is 9.80 Å². The van der Waals surface area contributed by atoms with Gasteiger partial charge < -0.3 is 20.0 Å². The second-order valence-electron chi connectivity index (χ2n) is 7.01. The molecule has 0 aliphatic carbocycles. The van der Waals surface area contributed by atoms with Crippen LogP contribution in [0.15, 0.2) is 28.9 Å². The summed E-state index contributed by atoms with van der Waals surface area (Å²) < 4.78 is 5.59. The van der Waals surface area contributed by atoms with E-state index in [4.69, 9.17) is 10.2 Å². The van der Waals surface area contributed by atoms with Crippen molar-refractivity contribution in [2.75, 3.05) is 19.6 Å². The molecule has 1 saturated heterocycles. The van der Waals surface area contributed by atoms with Crippen molar-refractivity contribution in [3.05, 3.63) is 35.6 Å². The molecule has 1 aliphatic heterocycles. The van der Waals surface area contributed by atoms with E-state index >= 15 is 0 Å². The first-order valence-corrected chi connectivity index (χ1v) is 9.25. The van der Waals surface area contributed by atoms with E-state index in [1.54, 1.807) is 16.1 Å². The van der Waals surface area contributed by atoms with Crippen LogP contribution in [-0.2, 0) is 16.0 Å². The lowest BCUT2D eigenvalue weighted by molar-refractivity contribution is -0.143. The Balaban J connectivity index is 1.79. The van der Waals surface area contributed by atoms with Gasteiger partial charge in [-0.1, -0.05) is 12.1 Å². The second kappa shape index (κ2) is 7.50. The first kappa shape index (κ1) is 18.5. The van der Waals surface area contributed by atoms with Gasteiger partial charge in [0.15, 0.2) is 0 Å². The number of likely N-dealkylation sites (N-methyl/N-ethyl adjacent to an activating group) is 1. The van der Waals surface area contributed by atoms with Crippen LogP contribution in [0.3, 0.4) is 0 Å². The Morgan fingerprint density at radius 3 is 2.73 bits per heavy atom. The van der Waals surface area contributed by atoms with Crippen molar-refractivity contribution in [3.8, 4) is 0 Å². The van der Waals surface area contributed by atoms with Gasteiger partial charge in [0.25, 0.3) is 0 Å². The number of furan rings is 1. The number of fused-ring (bicyclic) bond motifs is 1. The van der Waals surface area contributed by atoms with Gasteiger partial charge in [0.2, 0.25) is 11.8 Å². The molecule has 6 nitrogen and oxygen atoms in total. The Morgan fingerprint density at radius 2 is 2.04 bits per heavy atom. The van der Waals surface area contributed by atoms with E-state index in [-0.39, 0.29) is 24.3 Å². The van der Waals surface area contributed by atoms with Crippen molar-refractivity contribution in [2.45, 2.75) is 45.7 Å². The molecule has 26 heavy (non-hydrogen) atoms. The molecule has 2 N–H and O–H groups in total. The number of amides is 2. The van der Waals surface area contributed by atoms with E-state index in [1.807, 2.05) is 39.0 Å². The molecule has 1 aromatic heterocycles. The van der Waals surface area contributed by atoms with Crippen LogP contribution in [0.4, 0.5) is 0 Å². The minimum absolute atomic E-state index is 0.0102. The van der Waals surface area contributed by atoms with Crippen LogP contribution in [0.1, 0.15) is 31.4 Å². The normalized spacial score (nSPS) is 19.9. The first-order valence-electron chi connectivity index (χ1n) is 9.25. The van der Waals surface area contributed by atoms with Crippen molar-refractivity contribution in [2.24, 2.45) is 5.73 Å². The Morgan fingerprint density at radius 1 is 1.31 bits per heavy atom. The lowest BCUT2D eigenvalue weighted by Crippen LogP contribution is -2.48. The van der Waals surface area contributed by atoms with E-state index in [2.05, 4.69) is 0 Å². The van der Waals surface area contributed by atoms with Gasteiger partial charge in [-0.05, 0) is 38.8 Å². The summed E-state index contributed by atoms with van der Waals surface area (Å²) in [4.78, 5) is 29.1. The maximum atomic E-state index is 12.9. The highest BCUT2D eigenvalue weighted by Gasteiger charge is 2.39. The van der Waals surface area contributed by atoms with Gasteiger partial charge in [0.05, 0.1) is 12.7 Å². The fourth-order valence-corrected chi connectivity index (χ4v) is 3.72. The molecule has 0 radical (unpaired) electrons. The molecule has 6 heteroatoms. The molecule has 1 fully saturated rings. The molecule has 0 bridgehead atoms. The van der Waals surface area contributed by atoms with Gasteiger partial charge in [-0.2, -0.15) is 0 Å². The lowest BCUT2D eigenvalue weighted by Gasteiger charge is -2.28. The quantitative estimate of drug-likeness (QED) is 0.888. The van der Waals surface area contributed by atoms with Gasteiger partial charge in [-0.15, -0.1) is 0 Å². The van der Waals surface area contributed by atoms with Crippen molar-refractivity contribution in [1.29, 1.82) is 0 Å². The summed E-state index contributed by atoms with van der Waals surface area (Å²) >= 11 is 0. The number of nitrogens with two attached hydrogens (primary N) is 1. The van der Waals surface area contributed by atoms with E-state index in [0.717, 1.165) is 22.1 Å². The minimum Gasteiger partial charge on any atom is -0.464 e. The van der Waals surface area contributed by atoms with Gasteiger partial charge >= 0.3 is 0 Å². The first-order chi connectivity index (χ1) is 12.4. The van der Waals surface area contributed by atoms with Crippen molar-refractivity contribution >= 4 is 22.8 Å². The maximum Gasteiger partial charge on any atom is 0.245 e. The van der Waals surface area contributed by atoms with Crippen molar-refractivity contribution in [3.63, 3.8) is 0 Å². The molecule has 0 spiro atoms. The minimum atomic E-state index is -0.460. The number of carbonyl (C=O) groups is 2. The molecule has 3 rings (SSSR count). The van der Waals surface area contributed by atoms with Crippen LogP contribution in [0.25, 0.3) is 11.0 Å². The summed E-state index contributed by atoms with van der Waals surface area (Å²) in [5, 5.41) is 0.944. The standard InChI is InChI=1S/C20H27N3O3/c1-4-22(5-2)20(25)17-10-15(21)11-23(17)19(24)9-14-12-26-18-8-13(3)6-7-16(14)18/h6-8,12,15,17H,4-5,9-11,21H2,1-3H3/t15-,17-/m0/s1. The average Bonchev–Trinajstić information content (AvgIpc) is 3.19. The topological polar surface area (TPSA) is 79.8 Å². The number of aryl methyl sites for hydroxylation is 1. The Bertz CT molecular complexity index is 810. The van der Waals surface area contributed by atoms with Gasteiger partial charge in [0, 0.05) is 36.6 Å². The largest absolute Gasteiger partial charge is 0.464 e. The smallest absolute Gasteiger partial charge is 0.245 e. The number of hydrogen-bond acceptors (Lipinski definition) is 4. The molecule has 0 unspecified atom stereocenters. The van der Waals surface area contributed by atoms with Crippen LogP contribution in [0, 0.1) is 6.92 Å². The molecular weight excluding hydrogens is 330 g/mol. The molecule has 1 aliphatic rings. The lowest BCUT2D eigenvalue weighted by atomic mass is 10.1. The molecule has 0 saturated carbocycles. The third-order valence-corrected chi connectivity index (χ3v) is 5.17. The predicted octanol–water partition coefficient (Wildman–Crippen LogP) is 2.08. The van der Waals surface area contributed by atoms with E-state index < -0.39 is 6.04 Å². The molecule has 2 amide bonds. The molecular formula is C20H27N3O3. The second-order valence-corrected chi connectivity index (χ2v) is 7.01. The molecule has 140 valence electrons. The third-order valence-electron chi connectivity index (χ3n) is 5.17. The highest BCUT2D eigenvalue weighted by Crippen LogP contribution is 2.25. The molecule has 1 aromatic carbocycles. The Labute approximate surface area is 153 Å².